The first-order valence-corrected chi connectivity index (χ1v) is 9.96. The van der Waals surface area contributed by atoms with E-state index in [4.69, 9.17) is 4.74 Å². The Morgan fingerprint density at radius 1 is 1.42 bits per heavy atom. The van der Waals surface area contributed by atoms with Gasteiger partial charge in [-0.3, -0.25) is 4.79 Å². The molecule has 2 aliphatic rings. The van der Waals surface area contributed by atoms with Crippen molar-refractivity contribution < 1.29 is 9.53 Å². The molecule has 0 unspecified atom stereocenters. The zero-order chi connectivity index (χ0) is 18.1. The number of hydrogen-bond donors (Lipinski definition) is 0. The van der Waals surface area contributed by atoms with E-state index in [2.05, 4.69) is 36.6 Å². The number of ether oxygens (including phenoxy) is 1. The number of thiophene rings is 1. The molecule has 1 saturated heterocycles. The number of piperidine rings is 1. The fraction of sp³-hybridized carbons (Fsp3) is 0.526. The standard InChI is InChI=1S/C19H24N4O2S/c1-14(24)23(12-15-4-10-26-13-15)16-11-19(16)5-8-22(9-6-19)18-20-7-3-17(21-18)25-2/h3-4,7,10,13,16H,5-6,8-9,11-12H2,1-2H3/t16-/m1/s1. The monoisotopic (exact) mass is 372 g/mol. The number of aromatic nitrogens is 2. The lowest BCUT2D eigenvalue weighted by atomic mass is 9.92. The Morgan fingerprint density at radius 2 is 2.23 bits per heavy atom. The van der Waals surface area contributed by atoms with Crippen molar-refractivity contribution in [2.45, 2.75) is 38.8 Å². The van der Waals surface area contributed by atoms with Gasteiger partial charge in [-0.05, 0) is 47.1 Å². The summed E-state index contributed by atoms with van der Waals surface area (Å²) in [5.41, 5.74) is 1.51. The highest BCUT2D eigenvalue weighted by Crippen LogP contribution is 2.57. The summed E-state index contributed by atoms with van der Waals surface area (Å²) < 4.78 is 5.20. The Hall–Kier alpha value is -2.15. The predicted molar refractivity (Wildman–Crippen MR) is 101 cm³/mol. The van der Waals surface area contributed by atoms with E-state index in [0.717, 1.165) is 44.8 Å². The molecule has 1 atom stereocenters. The van der Waals surface area contributed by atoms with Crippen LogP contribution in [0.15, 0.2) is 29.1 Å². The number of anilines is 1. The number of hydrogen-bond acceptors (Lipinski definition) is 6. The molecule has 3 heterocycles. The van der Waals surface area contributed by atoms with Crippen molar-refractivity contribution in [1.82, 2.24) is 14.9 Å². The lowest BCUT2D eigenvalue weighted by Gasteiger charge is -2.34. The average Bonchev–Trinajstić information content (AvgIpc) is 3.09. The molecule has 2 aromatic rings. The summed E-state index contributed by atoms with van der Waals surface area (Å²) in [6.45, 7) is 4.27. The van der Waals surface area contributed by atoms with Crippen molar-refractivity contribution in [3.63, 3.8) is 0 Å². The smallest absolute Gasteiger partial charge is 0.228 e. The van der Waals surface area contributed by atoms with Gasteiger partial charge in [0.2, 0.25) is 17.7 Å². The molecule has 0 radical (unpaired) electrons. The SMILES string of the molecule is COc1ccnc(N2CCC3(CC2)C[C@H]3N(Cc2ccsc2)C(C)=O)n1. The summed E-state index contributed by atoms with van der Waals surface area (Å²) in [6.07, 6.45) is 5.00. The Labute approximate surface area is 157 Å². The molecule has 1 aliphatic carbocycles. The molecule has 1 spiro atoms. The number of nitrogens with zero attached hydrogens (tertiary/aromatic N) is 4. The minimum Gasteiger partial charge on any atom is -0.481 e. The van der Waals surface area contributed by atoms with Gasteiger partial charge in [-0.2, -0.15) is 16.3 Å². The molecule has 2 fully saturated rings. The molecule has 1 amide bonds. The van der Waals surface area contributed by atoms with Gasteiger partial charge in [-0.1, -0.05) is 0 Å². The molecule has 1 aliphatic heterocycles. The Kier molecular flexibility index (Phi) is 4.56. The molecule has 2 aromatic heterocycles. The number of carbonyl (C=O) groups is 1. The van der Waals surface area contributed by atoms with Gasteiger partial charge < -0.3 is 14.5 Å². The van der Waals surface area contributed by atoms with E-state index in [0.29, 0.717) is 11.9 Å². The number of carbonyl (C=O) groups excluding carboxylic acids is 1. The van der Waals surface area contributed by atoms with Crippen LogP contribution in [0.1, 0.15) is 31.7 Å². The van der Waals surface area contributed by atoms with E-state index in [1.54, 1.807) is 37.6 Å². The van der Waals surface area contributed by atoms with Crippen LogP contribution in [0.2, 0.25) is 0 Å². The summed E-state index contributed by atoms with van der Waals surface area (Å²) in [5, 5.41) is 4.21. The molecule has 138 valence electrons. The molecule has 7 heteroatoms. The summed E-state index contributed by atoms with van der Waals surface area (Å²) in [4.78, 5) is 25.3. The third kappa shape index (κ3) is 3.28. The highest BCUT2D eigenvalue weighted by Gasteiger charge is 2.58. The fourth-order valence-electron chi connectivity index (χ4n) is 4.08. The number of rotatable bonds is 5. The minimum absolute atomic E-state index is 0.177. The molecule has 26 heavy (non-hydrogen) atoms. The van der Waals surface area contributed by atoms with Gasteiger partial charge in [-0.15, -0.1) is 0 Å². The Balaban J connectivity index is 1.40. The molecule has 0 aromatic carbocycles. The zero-order valence-corrected chi connectivity index (χ0v) is 16.0. The molecule has 6 nitrogen and oxygen atoms in total. The Bertz CT molecular complexity index is 772. The quantitative estimate of drug-likeness (QED) is 0.808. The molecule has 4 rings (SSSR count). The summed E-state index contributed by atoms with van der Waals surface area (Å²) in [7, 11) is 1.62. The third-order valence-corrected chi connectivity index (χ3v) is 6.46. The van der Waals surface area contributed by atoms with Gasteiger partial charge in [0.15, 0.2) is 0 Å². The van der Waals surface area contributed by atoms with Crippen molar-refractivity contribution in [3.8, 4) is 5.88 Å². The van der Waals surface area contributed by atoms with Crippen LogP contribution in [0.25, 0.3) is 0 Å². The number of methoxy groups -OCH3 is 1. The lowest BCUT2D eigenvalue weighted by Crippen LogP contribution is -2.40. The summed E-state index contributed by atoms with van der Waals surface area (Å²) in [6, 6.07) is 4.24. The van der Waals surface area contributed by atoms with E-state index in [9.17, 15) is 4.79 Å². The predicted octanol–water partition coefficient (Wildman–Crippen LogP) is 2.95. The molecule has 1 saturated carbocycles. The largest absolute Gasteiger partial charge is 0.481 e. The van der Waals surface area contributed by atoms with Gasteiger partial charge in [-0.25, -0.2) is 4.98 Å². The first kappa shape index (κ1) is 17.3. The highest BCUT2D eigenvalue weighted by molar-refractivity contribution is 7.07. The molecule has 0 bridgehead atoms. The van der Waals surface area contributed by atoms with E-state index in [1.807, 2.05) is 0 Å². The Morgan fingerprint density at radius 3 is 2.88 bits per heavy atom. The lowest BCUT2D eigenvalue weighted by molar-refractivity contribution is -0.130. The van der Waals surface area contributed by atoms with Crippen molar-refractivity contribution >= 4 is 23.2 Å². The topological polar surface area (TPSA) is 58.6 Å². The van der Waals surface area contributed by atoms with Crippen LogP contribution in [0.4, 0.5) is 5.95 Å². The van der Waals surface area contributed by atoms with Crippen molar-refractivity contribution in [3.05, 3.63) is 34.7 Å². The van der Waals surface area contributed by atoms with Gasteiger partial charge in [0.25, 0.3) is 0 Å². The molecular formula is C19H24N4O2S. The maximum absolute atomic E-state index is 12.2. The second kappa shape index (κ2) is 6.87. The summed E-state index contributed by atoms with van der Waals surface area (Å²) in [5.74, 6) is 1.51. The van der Waals surface area contributed by atoms with Crippen LogP contribution >= 0.6 is 11.3 Å². The maximum atomic E-state index is 12.2. The third-order valence-electron chi connectivity index (χ3n) is 5.73. The highest BCUT2D eigenvalue weighted by atomic mass is 32.1. The van der Waals surface area contributed by atoms with Gasteiger partial charge in [0.1, 0.15) is 0 Å². The molecular weight excluding hydrogens is 348 g/mol. The maximum Gasteiger partial charge on any atom is 0.228 e. The van der Waals surface area contributed by atoms with Gasteiger partial charge >= 0.3 is 0 Å². The van der Waals surface area contributed by atoms with E-state index >= 15 is 0 Å². The second-order valence-corrected chi connectivity index (χ2v) is 8.03. The van der Waals surface area contributed by atoms with Crippen LogP contribution < -0.4 is 9.64 Å². The van der Waals surface area contributed by atoms with Crippen molar-refractivity contribution in [2.75, 3.05) is 25.1 Å². The number of amides is 1. The normalized spacial score (nSPS) is 20.8. The summed E-state index contributed by atoms with van der Waals surface area (Å²) >= 11 is 1.68. The fourth-order valence-corrected chi connectivity index (χ4v) is 4.73. The van der Waals surface area contributed by atoms with E-state index in [-0.39, 0.29) is 11.3 Å². The zero-order valence-electron chi connectivity index (χ0n) is 15.2. The van der Waals surface area contributed by atoms with Crippen LogP contribution in [-0.4, -0.2) is 47.0 Å². The minimum atomic E-state index is 0.177. The second-order valence-electron chi connectivity index (χ2n) is 7.25. The van der Waals surface area contributed by atoms with Crippen LogP contribution in [-0.2, 0) is 11.3 Å². The van der Waals surface area contributed by atoms with Gasteiger partial charge in [0, 0.05) is 44.9 Å². The van der Waals surface area contributed by atoms with Crippen molar-refractivity contribution in [2.24, 2.45) is 5.41 Å². The average molecular weight is 372 g/mol. The van der Waals surface area contributed by atoms with E-state index < -0.39 is 0 Å². The molecule has 0 N–H and O–H groups in total. The van der Waals surface area contributed by atoms with Crippen LogP contribution in [0, 0.1) is 5.41 Å². The van der Waals surface area contributed by atoms with Crippen LogP contribution in [0.5, 0.6) is 5.88 Å². The van der Waals surface area contributed by atoms with Crippen molar-refractivity contribution in [1.29, 1.82) is 0 Å². The van der Waals surface area contributed by atoms with Gasteiger partial charge in [0.05, 0.1) is 7.11 Å². The first-order valence-electron chi connectivity index (χ1n) is 9.01. The van der Waals surface area contributed by atoms with Crippen LogP contribution in [0.3, 0.4) is 0 Å². The first-order chi connectivity index (χ1) is 12.6. The van der Waals surface area contributed by atoms with E-state index in [1.165, 1.54) is 5.56 Å².